The molecule has 0 radical (unpaired) electrons. The van der Waals surface area contributed by atoms with Gasteiger partial charge in [0.05, 0.1) is 5.52 Å². The van der Waals surface area contributed by atoms with Crippen molar-refractivity contribution in [1.82, 2.24) is 4.57 Å². The van der Waals surface area contributed by atoms with Crippen molar-refractivity contribution in [2.45, 2.75) is 33.2 Å². The fourth-order valence-electron chi connectivity index (χ4n) is 2.72. The van der Waals surface area contributed by atoms with Crippen molar-refractivity contribution in [2.24, 2.45) is 11.5 Å². The first-order valence-electron chi connectivity index (χ1n) is 6.66. The van der Waals surface area contributed by atoms with Crippen LogP contribution in [0.1, 0.15) is 23.1 Å². The van der Waals surface area contributed by atoms with E-state index in [-0.39, 0.29) is 0 Å². The maximum Gasteiger partial charge on any atom is 0.0513 e. The number of nitrogens with zero attached hydrogens (tertiary/aromatic N) is 1. The summed E-state index contributed by atoms with van der Waals surface area (Å²) in [6, 6.07) is 4.52. The molecular weight excluding hydrogens is 222 g/mol. The van der Waals surface area contributed by atoms with Gasteiger partial charge in [0, 0.05) is 24.7 Å². The SMILES string of the molecule is Cc1cc(C)c2c(c1)c(CCCN)cn2CCN. The molecule has 18 heavy (non-hydrogen) atoms. The quantitative estimate of drug-likeness (QED) is 0.847. The van der Waals surface area contributed by atoms with Crippen LogP contribution in [0.3, 0.4) is 0 Å². The van der Waals surface area contributed by atoms with E-state index in [4.69, 9.17) is 11.5 Å². The summed E-state index contributed by atoms with van der Waals surface area (Å²) in [6.45, 7) is 6.62. The Labute approximate surface area is 109 Å². The van der Waals surface area contributed by atoms with Crippen LogP contribution in [0.5, 0.6) is 0 Å². The molecule has 1 heterocycles. The van der Waals surface area contributed by atoms with Crippen LogP contribution in [-0.2, 0) is 13.0 Å². The summed E-state index contributed by atoms with van der Waals surface area (Å²) in [6.07, 6.45) is 4.34. The van der Waals surface area contributed by atoms with Gasteiger partial charge < -0.3 is 16.0 Å². The second-order valence-electron chi connectivity index (χ2n) is 5.01. The topological polar surface area (TPSA) is 57.0 Å². The minimum absolute atomic E-state index is 0.674. The Kier molecular flexibility index (Phi) is 4.04. The van der Waals surface area contributed by atoms with E-state index in [0.717, 1.165) is 25.9 Å². The predicted octanol–water partition coefficient (Wildman–Crippen LogP) is 2.11. The van der Waals surface area contributed by atoms with Crippen LogP contribution in [0.4, 0.5) is 0 Å². The number of benzene rings is 1. The zero-order chi connectivity index (χ0) is 13.1. The summed E-state index contributed by atoms with van der Waals surface area (Å²) in [5.41, 5.74) is 16.7. The number of rotatable bonds is 5. The summed E-state index contributed by atoms with van der Waals surface area (Å²) in [5, 5.41) is 1.37. The molecule has 1 aromatic carbocycles. The van der Waals surface area contributed by atoms with Crippen LogP contribution in [-0.4, -0.2) is 17.7 Å². The first kappa shape index (κ1) is 13.1. The molecule has 0 aliphatic carbocycles. The van der Waals surface area contributed by atoms with E-state index < -0.39 is 0 Å². The van der Waals surface area contributed by atoms with E-state index in [2.05, 4.69) is 36.7 Å². The lowest BCUT2D eigenvalue weighted by Gasteiger charge is -2.06. The average Bonchev–Trinajstić information content (AvgIpc) is 2.65. The second-order valence-corrected chi connectivity index (χ2v) is 5.01. The molecule has 3 nitrogen and oxygen atoms in total. The van der Waals surface area contributed by atoms with E-state index in [1.165, 1.54) is 27.6 Å². The minimum atomic E-state index is 0.674. The van der Waals surface area contributed by atoms with Crippen LogP contribution in [0.25, 0.3) is 10.9 Å². The Morgan fingerprint density at radius 3 is 2.56 bits per heavy atom. The van der Waals surface area contributed by atoms with E-state index in [9.17, 15) is 0 Å². The highest BCUT2D eigenvalue weighted by atomic mass is 15.0. The first-order chi connectivity index (χ1) is 8.67. The van der Waals surface area contributed by atoms with E-state index >= 15 is 0 Å². The zero-order valence-corrected chi connectivity index (χ0v) is 11.4. The van der Waals surface area contributed by atoms with Crippen molar-refractivity contribution in [3.63, 3.8) is 0 Å². The predicted molar refractivity (Wildman–Crippen MR) is 77.8 cm³/mol. The van der Waals surface area contributed by atoms with Gasteiger partial charge in [-0.25, -0.2) is 0 Å². The summed E-state index contributed by atoms with van der Waals surface area (Å²) >= 11 is 0. The van der Waals surface area contributed by atoms with Gasteiger partial charge in [0.1, 0.15) is 0 Å². The van der Waals surface area contributed by atoms with Gasteiger partial charge in [-0.2, -0.15) is 0 Å². The van der Waals surface area contributed by atoms with Crippen LogP contribution < -0.4 is 11.5 Å². The highest BCUT2D eigenvalue weighted by molar-refractivity contribution is 5.87. The molecule has 98 valence electrons. The third-order valence-corrected chi connectivity index (χ3v) is 3.41. The van der Waals surface area contributed by atoms with Crippen LogP contribution >= 0.6 is 0 Å². The van der Waals surface area contributed by atoms with Gasteiger partial charge in [0.2, 0.25) is 0 Å². The molecule has 0 amide bonds. The molecule has 0 fully saturated rings. The van der Waals surface area contributed by atoms with Gasteiger partial charge in [0.15, 0.2) is 0 Å². The summed E-state index contributed by atoms with van der Waals surface area (Å²) < 4.78 is 2.29. The molecular formula is C15H23N3. The molecule has 0 saturated heterocycles. The van der Waals surface area contributed by atoms with Gasteiger partial charge in [0.25, 0.3) is 0 Å². The third kappa shape index (κ3) is 2.42. The monoisotopic (exact) mass is 245 g/mol. The Morgan fingerprint density at radius 2 is 1.89 bits per heavy atom. The number of nitrogens with two attached hydrogens (primary N) is 2. The Morgan fingerprint density at radius 1 is 1.11 bits per heavy atom. The zero-order valence-electron chi connectivity index (χ0n) is 11.4. The van der Waals surface area contributed by atoms with E-state index in [0.29, 0.717) is 6.54 Å². The number of fused-ring (bicyclic) bond motifs is 1. The molecule has 0 atom stereocenters. The van der Waals surface area contributed by atoms with Crippen LogP contribution in [0.15, 0.2) is 18.3 Å². The minimum Gasteiger partial charge on any atom is -0.346 e. The number of aromatic nitrogens is 1. The molecule has 3 heteroatoms. The standard InChI is InChI=1S/C15H23N3/c1-11-8-12(2)15-14(9-11)13(4-3-5-16)10-18(15)7-6-17/h8-10H,3-7,16-17H2,1-2H3. The molecule has 2 rings (SSSR count). The van der Waals surface area contributed by atoms with Crippen LogP contribution in [0.2, 0.25) is 0 Å². The summed E-state index contributed by atoms with van der Waals surface area (Å²) in [4.78, 5) is 0. The van der Waals surface area contributed by atoms with E-state index in [1.807, 2.05) is 0 Å². The molecule has 0 unspecified atom stereocenters. The molecule has 4 N–H and O–H groups in total. The third-order valence-electron chi connectivity index (χ3n) is 3.41. The fourth-order valence-corrected chi connectivity index (χ4v) is 2.72. The molecule has 0 saturated carbocycles. The van der Waals surface area contributed by atoms with Gasteiger partial charge in [-0.3, -0.25) is 0 Å². The summed E-state index contributed by atoms with van der Waals surface area (Å²) in [5.74, 6) is 0. The Bertz CT molecular complexity index is 540. The molecule has 2 aromatic rings. The lowest BCUT2D eigenvalue weighted by molar-refractivity contribution is 0.727. The largest absolute Gasteiger partial charge is 0.346 e. The van der Waals surface area contributed by atoms with Crippen molar-refractivity contribution in [1.29, 1.82) is 0 Å². The van der Waals surface area contributed by atoms with Gasteiger partial charge in [-0.05, 0) is 50.4 Å². The number of hydrogen-bond donors (Lipinski definition) is 2. The van der Waals surface area contributed by atoms with Gasteiger partial charge in [-0.1, -0.05) is 11.6 Å². The normalized spacial score (nSPS) is 11.3. The maximum atomic E-state index is 5.70. The van der Waals surface area contributed by atoms with Crippen molar-refractivity contribution >= 4 is 10.9 Å². The first-order valence-corrected chi connectivity index (χ1v) is 6.66. The van der Waals surface area contributed by atoms with E-state index in [1.54, 1.807) is 0 Å². The second kappa shape index (κ2) is 5.55. The highest BCUT2D eigenvalue weighted by Crippen LogP contribution is 2.27. The molecule has 0 aliphatic rings. The molecule has 0 spiro atoms. The van der Waals surface area contributed by atoms with Crippen molar-refractivity contribution in [2.75, 3.05) is 13.1 Å². The lowest BCUT2D eigenvalue weighted by Crippen LogP contribution is -2.09. The lowest BCUT2D eigenvalue weighted by atomic mass is 10.0. The average molecular weight is 245 g/mol. The number of hydrogen-bond acceptors (Lipinski definition) is 2. The highest BCUT2D eigenvalue weighted by Gasteiger charge is 2.10. The van der Waals surface area contributed by atoms with Crippen molar-refractivity contribution in [3.8, 4) is 0 Å². The smallest absolute Gasteiger partial charge is 0.0513 e. The fraction of sp³-hybridized carbons (Fsp3) is 0.467. The summed E-state index contributed by atoms with van der Waals surface area (Å²) in [7, 11) is 0. The number of aryl methyl sites for hydroxylation is 3. The molecule has 1 aromatic heterocycles. The maximum absolute atomic E-state index is 5.70. The van der Waals surface area contributed by atoms with Gasteiger partial charge in [-0.15, -0.1) is 0 Å². The van der Waals surface area contributed by atoms with Crippen molar-refractivity contribution < 1.29 is 0 Å². The van der Waals surface area contributed by atoms with Gasteiger partial charge >= 0.3 is 0 Å². The Balaban J connectivity index is 2.56. The van der Waals surface area contributed by atoms with Crippen LogP contribution in [0, 0.1) is 13.8 Å². The van der Waals surface area contributed by atoms with Crippen molar-refractivity contribution in [3.05, 3.63) is 35.0 Å². The molecule has 0 bridgehead atoms. The molecule has 0 aliphatic heterocycles. The Hall–Kier alpha value is -1.32.